The van der Waals surface area contributed by atoms with Crippen LogP contribution in [0.5, 0.6) is 5.75 Å². The minimum Gasteiger partial charge on any atom is -0.508 e. The molecule has 1 aliphatic rings. The molecular formula is C16H26N2O. The lowest BCUT2D eigenvalue weighted by molar-refractivity contribution is 0.0903. The first-order chi connectivity index (χ1) is 9.27. The number of likely N-dealkylation sites (tertiary alicyclic amines) is 1. The van der Waals surface area contributed by atoms with Gasteiger partial charge in [0.1, 0.15) is 5.75 Å². The molecule has 1 heterocycles. The van der Waals surface area contributed by atoms with Gasteiger partial charge in [-0.15, -0.1) is 0 Å². The summed E-state index contributed by atoms with van der Waals surface area (Å²) in [6.07, 6.45) is 4.88. The lowest BCUT2D eigenvalue weighted by Crippen LogP contribution is -2.46. The van der Waals surface area contributed by atoms with Crippen LogP contribution in [0.1, 0.15) is 44.2 Å². The lowest BCUT2D eigenvalue weighted by Gasteiger charge is -2.41. The summed E-state index contributed by atoms with van der Waals surface area (Å²) in [5.74, 6) is 0.433. The number of para-hydroxylation sites is 1. The van der Waals surface area contributed by atoms with E-state index in [0.717, 1.165) is 25.1 Å². The van der Waals surface area contributed by atoms with Crippen LogP contribution >= 0.6 is 0 Å². The molecule has 2 atom stereocenters. The predicted molar refractivity (Wildman–Crippen MR) is 79.4 cm³/mol. The summed E-state index contributed by atoms with van der Waals surface area (Å²) >= 11 is 0. The van der Waals surface area contributed by atoms with Gasteiger partial charge in [0.2, 0.25) is 0 Å². The van der Waals surface area contributed by atoms with E-state index in [1.54, 1.807) is 6.07 Å². The number of phenolic OH excluding ortho intramolecular Hbond substituents is 1. The Morgan fingerprint density at radius 3 is 2.84 bits per heavy atom. The number of piperidine rings is 1. The normalized spacial score (nSPS) is 22.3. The van der Waals surface area contributed by atoms with Gasteiger partial charge in [-0.1, -0.05) is 31.5 Å². The Kier molecular flexibility index (Phi) is 5.23. The van der Waals surface area contributed by atoms with E-state index in [-0.39, 0.29) is 0 Å². The highest BCUT2D eigenvalue weighted by atomic mass is 16.3. The molecule has 19 heavy (non-hydrogen) atoms. The van der Waals surface area contributed by atoms with Crippen LogP contribution in [0.4, 0.5) is 0 Å². The molecule has 1 aromatic rings. The van der Waals surface area contributed by atoms with Gasteiger partial charge in [0, 0.05) is 24.2 Å². The predicted octanol–water partition coefficient (Wildman–Crippen LogP) is 2.92. The van der Waals surface area contributed by atoms with Crippen LogP contribution in [0.15, 0.2) is 24.3 Å². The average molecular weight is 262 g/mol. The quantitative estimate of drug-likeness (QED) is 0.856. The van der Waals surface area contributed by atoms with Crippen LogP contribution in [-0.4, -0.2) is 36.2 Å². The third kappa shape index (κ3) is 3.28. The van der Waals surface area contributed by atoms with Gasteiger partial charge in [-0.3, -0.25) is 4.90 Å². The number of rotatable bonds is 5. The Morgan fingerprint density at radius 1 is 1.37 bits per heavy atom. The first-order valence-electron chi connectivity index (χ1n) is 7.46. The first kappa shape index (κ1) is 14.4. The van der Waals surface area contributed by atoms with Gasteiger partial charge in [-0.05, 0) is 38.9 Å². The Labute approximate surface area is 116 Å². The molecule has 3 heteroatoms. The molecule has 1 saturated heterocycles. The standard InChI is InChI=1S/C16H26N2O/c1-3-15(14-9-4-5-10-16(14)19)18-11-7-6-8-13(18)12-17-2/h4-5,9-10,13,15,17,19H,3,6-8,11-12H2,1-2H3. The van der Waals surface area contributed by atoms with Crippen molar-refractivity contribution in [3.05, 3.63) is 29.8 Å². The SMILES string of the molecule is CCC(c1ccccc1O)N1CCCCC1CNC. The molecule has 0 amide bonds. The van der Waals surface area contributed by atoms with Crippen molar-refractivity contribution in [2.24, 2.45) is 0 Å². The third-order valence-electron chi connectivity index (χ3n) is 4.20. The van der Waals surface area contributed by atoms with Crippen molar-refractivity contribution >= 4 is 0 Å². The van der Waals surface area contributed by atoms with Gasteiger partial charge in [-0.25, -0.2) is 0 Å². The van der Waals surface area contributed by atoms with Gasteiger partial charge < -0.3 is 10.4 Å². The molecular weight excluding hydrogens is 236 g/mol. The number of benzene rings is 1. The minimum atomic E-state index is 0.333. The number of hydrogen-bond donors (Lipinski definition) is 2. The number of nitrogens with zero attached hydrogens (tertiary/aromatic N) is 1. The molecule has 0 aliphatic carbocycles. The monoisotopic (exact) mass is 262 g/mol. The van der Waals surface area contributed by atoms with E-state index in [0.29, 0.717) is 17.8 Å². The zero-order chi connectivity index (χ0) is 13.7. The maximum absolute atomic E-state index is 10.1. The number of phenols is 1. The zero-order valence-electron chi connectivity index (χ0n) is 12.1. The third-order valence-corrected chi connectivity index (χ3v) is 4.20. The molecule has 1 fully saturated rings. The topological polar surface area (TPSA) is 35.5 Å². The summed E-state index contributed by atoms with van der Waals surface area (Å²) in [7, 11) is 2.02. The minimum absolute atomic E-state index is 0.333. The van der Waals surface area contributed by atoms with Crippen molar-refractivity contribution in [2.75, 3.05) is 20.1 Å². The van der Waals surface area contributed by atoms with Crippen LogP contribution in [-0.2, 0) is 0 Å². The van der Waals surface area contributed by atoms with Gasteiger partial charge in [0.05, 0.1) is 0 Å². The Morgan fingerprint density at radius 2 is 2.16 bits per heavy atom. The summed E-state index contributed by atoms with van der Waals surface area (Å²) in [4.78, 5) is 2.58. The van der Waals surface area contributed by atoms with Crippen LogP contribution in [0.3, 0.4) is 0 Å². The second-order valence-corrected chi connectivity index (χ2v) is 5.43. The van der Waals surface area contributed by atoms with Crippen LogP contribution in [0.2, 0.25) is 0 Å². The molecule has 0 saturated carbocycles. The number of hydrogen-bond acceptors (Lipinski definition) is 3. The average Bonchev–Trinajstić information content (AvgIpc) is 2.44. The van der Waals surface area contributed by atoms with E-state index in [9.17, 15) is 5.11 Å². The van der Waals surface area contributed by atoms with E-state index >= 15 is 0 Å². The lowest BCUT2D eigenvalue weighted by atomic mass is 9.94. The molecule has 1 aliphatic heterocycles. The maximum atomic E-state index is 10.1. The summed E-state index contributed by atoms with van der Waals surface area (Å²) in [5.41, 5.74) is 1.08. The first-order valence-corrected chi connectivity index (χ1v) is 7.46. The number of nitrogens with one attached hydrogen (secondary N) is 1. The van der Waals surface area contributed by atoms with Gasteiger partial charge in [0.15, 0.2) is 0 Å². The second kappa shape index (κ2) is 6.92. The van der Waals surface area contributed by atoms with Crippen molar-refractivity contribution in [1.29, 1.82) is 0 Å². The molecule has 0 aromatic heterocycles. The van der Waals surface area contributed by atoms with Crippen molar-refractivity contribution in [2.45, 2.75) is 44.7 Å². The fourth-order valence-electron chi connectivity index (χ4n) is 3.29. The summed E-state index contributed by atoms with van der Waals surface area (Å²) in [6.45, 7) is 4.38. The van der Waals surface area contributed by atoms with Crippen molar-refractivity contribution < 1.29 is 5.11 Å². The zero-order valence-corrected chi connectivity index (χ0v) is 12.1. The fourth-order valence-corrected chi connectivity index (χ4v) is 3.29. The van der Waals surface area contributed by atoms with Crippen LogP contribution in [0.25, 0.3) is 0 Å². The highest BCUT2D eigenvalue weighted by Gasteiger charge is 2.29. The van der Waals surface area contributed by atoms with E-state index in [4.69, 9.17) is 0 Å². The molecule has 2 N–H and O–H groups in total. The largest absolute Gasteiger partial charge is 0.508 e. The second-order valence-electron chi connectivity index (χ2n) is 5.43. The highest BCUT2D eigenvalue weighted by molar-refractivity contribution is 5.34. The molecule has 0 spiro atoms. The number of likely N-dealkylation sites (N-methyl/N-ethyl adjacent to an activating group) is 1. The van der Waals surface area contributed by atoms with Crippen LogP contribution < -0.4 is 5.32 Å². The summed E-state index contributed by atoms with van der Waals surface area (Å²) in [6, 6.07) is 8.70. The molecule has 0 bridgehead atoms. The van der Waals surface area contributed by atoms with Gasteiger partial charge >= 0.3 is 0 Å². The van der Waals surface area contributed by atoms with E-state index in [1.807, 2.05) is 19.2 Å². The highest BCUT2D eigenvalue weighted by Crippen LogP contribution is 2.34. The fraction of sp³-hybridized carbons (Fsp3) is 0.625. The maximum Gasteiger partial charge on any atom is 0.120 e. The van der Waals surface area contributed by atoms with Gasteiger partial charge in [-0.2, -0.15) is 0 Å². The molecule has 2 unspecified atom stereocenters. The summed E-state index contributed by atoms with van der Waals surface area (Å²) in [5, 5.41) is 13.4. The molecule has 106 valence electrons. The van der Waals surface area contributed by atoms with Crippen molar-refractivity contribution in [3.63, 3.8) is 0 Å². The van der Waals surface area contributed by atoms with Crippen molar-refractivity contribution in [3.8, 4) is 5.75 Å². The molecule has 2 rings (SSSR count). The molecule has 3 nitrogen and oxygen atoms in total. The Balaban J connectivity index is 2.22. The molecule has 0 radical (unpaired) electrons. The number of aromatic hydroxyl groups is 1. The van der Waals surface area contributed by atoms with E-state index < -0.39 is 0 Å². The smallest absolute Gasteiger partial charge is 0.120 e. The van der Waals surface area contributed by atoms with E-state index in [1.165, 1.54) is 19.3 Å². The van der Waals surface area contributed by atoms with Gasteiger partial charge in [0.25, 0.3) is 0 Å². The molecule has 1 aromatic carbocycles. The Bertz CT molecular complexity index is 392. The summed E-state index contributed by atoms with van der Waals surface area (Å²) < 4.78 is 0. The van der Waals surface area contributed by atoms with Crippen molar-refractivity contribution in [1.82, 2.24) is 10.2 Å². The van der Waals surface area contributed by atoms with Crippen LogP contribution in [0, 0.1) is 0 Å². The van der Waals surface area contributed by atoms with E-state index in [2.05, 4.69) is 23.2 Å². The Hall–Kier alpha value is -1.06.